The number of para-hydroxylation sites is 1. The quantitative estimate of drug-likeness (QED) is 0.628. The van der Waals surface area contributed by atoms with Gasteiger partial charge in [0.1, 0.15) is 0 Å². The Morgan fingerprint density at radius 3 is 2.11 bits per heavy atom. The van der Waals surface area contributed by atoms with Gasteiger partial charge in [-0.15, -0.1) is 0 Å². The molecule has 0 aromatic heterocycles. The van der Waals surface area contributed by atoms with Crippen molar-refractivity contribution in [3.05, 3.63) is 88.9 Å². The molecule has 0 aliphatic carbocycles. The number of anilines is 2. The van der Waals surface area contributed by atoms with E-state index < -0.39 is 10.0 Å². The van der Waals surface area contributed by atoms with Crippen LogP contribution in [-0.2, 0) is 10.0 Å². The summed E-state index contributed by atoms with van der Waals surface area (Å²) < 4.78 is 27.3. The number of amides is 1. The van der Waals surface area contributed by atoms with Crippen molar-refractivity contribution in [2.75, 3.05) is 16.7 Å². The van der Waals surface area contributed by atoms with Crippen LogP contribution in [0.4, 0.5) is 11.4 Å². The zero-order valence-corrected chi connectivity index (χ0v) is 16.9. The van der Waals surface area contributed by atoms with Gasteiger partial charge in [-0.2, -0.15) is 0 Å². The van der Waals surface area contributed by atoms with E-state index in [2.05, 4.69) is 21.2 Å². The number of nitrogens with one attached hydrogen (secondary N) is 1. The molecule has 1 amide bonds. The van der Waals surface area contributed by atoms with Crippen LogP contribution in [0.3, 0.4) is 0 Å². The lowest BCUT2D eigenvalue weighted by molar-refractivity contribution is 0.102. The summed E-state index contributed by atoms with van der Waals surface area (Å²) >= 11 is 3.38. The standard InChI is InChI=1S/C20H17BrN2O3S/c1-23(27(25,26)17-7-3-2-4-8-17)16-13-11-15(12-14-16)20(24)22-19-10-6-5-9-18(19)21/h2-14H,1H3,(H,22,24). The van der Waals surface area contributed by atoms with Crippen LogP contribution >= 0.6 is 15.9 Å². The summed E-state index contributed by atoms with van der Waals surface area (Å²) in [5.74, 6) is -0.276. The number of benzene rings is 3. The lowest BCUT2D eigenvalue weighted by Gasteiger charge is -2.19. The molecule has 27 heavy (non-hydrogen) atoms. The first-order valence-corrected chi connectivity index (χ1v) is 10.3. The van der Waals surface area contributed by atoms with E-state index in [1.54, 1.807) is 60.7 Å². The molecule has 0 aliphatic rings. The Hall–Kier alpha value is -2.64. The molecule has 5 nitrogen and oxygen atoms in total. The highest BCUT2D eigenvalue weighted by Gasteiger charge is 2.21. The van der Waals surface area contributed by atoms with E-state index in [1.807, 2.05) is 18.2 Å². The monoisotopic (exact) mass is 444 g/mol. The largest absolute Gasteiger partial charge is 0.321 e. The molecule has 0 bridgehead atoms. The molecule has 3 aromatic rings. The van der Waals surface area contributed by atoms with Gasteiger partial charge in [-0.3, -0.25) is 9.10 Å². The Balaban J connectivity index is 1.79. The smallest absolute Gasteiger partial charge is 0.264 e. The lowest BCUT2D eigenvalue weighted by atomic mass is 10.2. The minimum Gasteiger partial charge on any atom is -0.321 e. The molecule has 1 N–H and O–H groups in total. The molecular formula is C20H17BrN2O3S. The Labute approximate surface area is 166 Å². The molecule has 0 saturated heterocycles. The third-order valence-corrected chi connectivity index (χ3v) is 6.51. The summed E-state index contributed by atoms with van der Waals surface area (Å²) in [6, 6.07) is 21.9. The molecule has 0 unspecified atom stereocenters. The van der Waals surface area contributed by atoms with Crippen LogP contribution in [0.5, 0.6) is 0 Å². The summed E-state index contributed by atoms with van der Waals surface area (Å²) in [6.07, 6.45) is 0. The predicted octanol–water partition coefficient (Wildman–Crippen LogP) is 4.53. The van der Waals surface area contributed by atoms with Crippen LogP contribution in [0.2, 0.25) is 0 Å². The number of hydrogen-bond acceptors (Lipinski definition) is 3. The topological polar surface area (TPSA) is 66.5 Å². The highest BCUT2D eigenvalue weighted by molar-refractivity contribution is 9.10. The fraction of sp³-hybridized carbons (Fsp3) is 0.0500. The first-order valence-electron chi connectivity index (χ1n) is 8.09. The SMILES string of the molecule is CN(c1ccc(C(=O)Nc2ccccc2Br)cc1)S(=O)(=O)c1ccccc1. The van der Waals surface area contributed by atoms with Crippen LogP contribution in [0.25, 0.3) is 0 Å². The minimum absolute atomic E-state index is 0.211. The summed E-state index contributed by atoms with van der Waals surface area (Å²) in [7, 11) is -2.17. The summed E-state index contributed by atoms with van der Waals surface area (Å²) in [4.78, 5) is 12.6. The Kier molecular flexibility index (Phi) is 5.62. The predicted molar refractivity (Wildman–Crippen MR) is 111 cm³/mol. The number of halogens is 1. The van der Waals surface area contributed by atoms with Crippen LogP contribution < -0.4 is 9.62 Å². The molecule has 0 spiro atoms. The van der Waals surface area contributed by atoms with Gasteiger partial charge in [0.2, 0.25) is 0 Å². The molecule has 0 radical (unpaired) electrons. The molecule has 138 valence electrons. The summed E-state index contributed by atoms with van der Waals surface area (Å²) in [6.45, 7) is 0. The second kappa shape index (κ2) is 7.94. The number of rotatable bonds is 5. The van der Waals surface area contributed by atoms with Crippen LogP contribution in [0.15, 0.2) is 88.2 Å². The number of carbonyl (C=O) groups excluding carboxylic acids is 1. The van der Waals surface area contributed by atoms with Gasteiger partial charge in [0, 0.05) is 17.1 Å². The molecule has 0 fully saturated rings. The first kappa shape index (κ1) is 19.1. The maximum atomic E-state index is 12.7. The molecule has 0 aliphatic heterocycles. The normalized spacial score (nSPS) is 11.0. The molecule has 3 aromatic carbocycles. The van der Waals surface area contributed by atoms with Gasteiger partial charge in [0.15, 0.2) is 0 Å². The van der Waals surface area contributed by atoms with Gasteiger partial charge in [0.25, 0.3) is 15.9 Å². The van der Waals surface area contributed by atoms with E-state index in [0.717, 1.165) is 4.47 Å². The molecule has 3 rings (SSSR count). The maximum Gasteiger partial charge on any atom is 0.264 e. The van der Waals surface area contributed by atoms with Crippen molar-refractivity contribution >= 4 is 43.2 Å². The van der Waals surface area contributed by atoms with Gasteiger partial charge >= 0.3 is 0 Å². The van der Waals surface area contributed by atoms with Crippen LogP contribution in [0, 0.1) is 0 Å². The van der Waals surface area contributed by atoms with Gasteiger partial charge < -0.3 is 5.32 Å². The molecular weight excluding hydrogens is 428 g/mol. The Bertz CT molecular complexity index is 1050. The fourth-order valence-corrected chi connectivity index (χ4v) is 4.07. The van der Waals surface area contributed by atoms with Crippen molar-refractivity contribution < 1.29 is 13.2 Å². The average molecular weight is 445 g/mol. The van der Waals surface area contributed by atoms with E-state index in [9.17, 15) is 13.2 Å². The highest BCUT2D eigenvalue weighted by Crippen LogP contribution is 2.24. The van der Waals surface area contributed by atoms with Crippen molar-refractivity contribution in [2.45, 2.75) is 4.90 Å². The molecule has 7 heteroatoms. The minimum atomic E-state index is -3.65. The molecule has 0 heterocycles. The first-order chi connectivity index (χ1) is 12.9. The van der Waals surface area contributed by atoms with Gasteiger partial charge in [0.05, 0.1) is 16.3 Å². The number of carbonyl (C=O) groups is 1. The van der Waals surface area contributed by atoms with Gasteiger partial charge in [-0.25, -0.2) is 8.42 Å². The molecule has 0 atom stereocenters. The van der Waals surface area contributed by atoms with Crippen molar-refractivity contribution in [1.82, 2.24) is 0 Å². The Morgan fingerprint density at radius 1 is 0.889 bits per heavy atom. The Morgan fingerprint density at radius 2 is 1.48 bits per heavy atom. The fourth-order valence-electron chi connectivity index (χ4n) is 2.47. The second-order valence-electron chi connectivity index (χ2n) is 5.77. The third-order valence-electron chi connectivity index (χ3n) is 4.02. The van der Waals surface area contributed by atoms with Crippen LogP contribution in [0.1, 0.15) is 10.4 Å². The van der Waals surface area contributed by atoms with Gasteiger partial charge in [-0.05, 0) is 64.5 Å². The lowest BCUT2D eigenvalue weighted by Crippen LogP contribution is -2.26. The zero-order valence-electron chi connectivity index (χ0n) is 14.5. The average Bonchev–Trinajstić information content (AvgIpc) is 2.70. The van der Waals surface area contributed by atoms with Gasteiger partial charge in [-0.1, -0.05) is 30.3 Å². The maximum absolute atomic E-state index is 12.7. The third kappa shape index (κ3) is 4.20. The van der Waals surface area contributed by atoms with Crippen LogP contribution in [-0.4, -0.2) is 21.4 Å². The van der Waals surface area contributed by atoms with Crippen molar-refractivity contribution in [2.24, 2.45) is 0 Å². The zero-order chi connectivity index (χ0) is 19.4. The highest BCUT2D eigenvalue weighted by atomic mass is 79.9. The van der Waals surface area contributed by atoms with E-state index in [-0.39, 0.29) is 10.8 Å². The number of hydrogen-bond donors (Lipinski definition) is 1. The van der Waals surface area contributed by atoms with E-state index in [4.69, 9.17) is 0 Å². The van der Waals surface area contributed by atoms with E-state index in [1.165, 1.54) is 11.4 Å². The van der Waals surface area contributed by atoms with Crippen molar-refractivity contribution in [3.8, 4) is 0 Å². The summed E-state index contributed by atoms with van der Waals surface area (Å²) in [5.41, 5.74) is 1.56. The number of nitrogens with zero attached hydrogens (tertiary/aromatic N) is 1. The number of sulfonamides is 1. The van der Waals surface area contributed by atoms with E-state index in [0.29, 0.717) is 16.9 Å². The molecule has 0 saturated carbocycles. The second-order valence-corrected chi connectivity index (χ2v) is 8.59. The van der Waals surface area contributed by atoms with E-state index >= 15 is 0 Å². The summed E-state index contributed by atoms with van der Waals surface area (Å²) in [5, 5.41) is 2.81. The van der Waals surface area contributed by atoms with Crippen molar-refractivity contribution in [1.29, 1.82) is 0 Å². The van der Waals surface area contributed by atoms with Crippen molar-refractivity contribution in [3.63, 3.8) is 0 Å².